The van der Waals surface area contributed by atoms with Gasteiger partial charge in [0.1, 0.15) is 0 Å². The maximum atomic E-state index is 12.4. The summed E-state index contributed by atoms with van der Waals surface area (Å²) in [6, 6.07) is 8.09. The van der Waals surface area contributed by atoms with Crippen LogP contribution >= 0.6 is 36.4 Å². The lowest BCUT2D eigenvalue weighted by atomic mass is 10.00. The van der Waals surface area contributed by atoms with E-state index in [1.165, 1.54) is 12.0 Å². The summed E-state index contributed by atoms with van der Waals surface area (Å²) in [6.45, 7) is 9.38. The molecule has 166 valence electrons. The van der Waals surface area contributed by atoms with Crippen molar-refractivity contribution in [1.29, 1.82) is 0 Å². The van der Waals surface area contributed by atoms with Crippen LogP contribution in [0, 0.1) is 5.92 Å². The highest BCUT2D eigenvalue weighted by atomic mass is 35.5. The second kappa shape index (κ2) is 12.3. The molecule has 5 nitrogen and oxygen atoms in total. The minimum atomic E-state index is -0.178. The second-order valence-corrected chi connectivity index (χ2v) is 8.78. The first-order valence-electron chi connectivity index (χ1n) is 10.0. The summed E-state index contributed by atoms with van der Waals surface area (Å²) < 4.78 is 5.87. The van der Waals surface area contributed by atoms with Gasteiger partial charge in [-0.15, -0.1) is 24.8 Å². The fourth-order valence-electron chi connectivity index (χ4n) is 4.06. The molecular formula is C21H34Cl3N3O2. The van der Waals surface area contributed by atoms with Gasteiger partial charge in [-0.2, -0.15) is 0 Å². The molecule has 2 heterocycles. The predicted octanol–water partition coefficient (Wildman–Crippen LogP) is 3.84. The summed E-state index contributed by atoms with van der Waals surface area (Å²) in [5.41, 5.74) is 1.000. The molecule has 1 aromatic carbocycles. The normalized spacial score (nSPS) is 22.2. The van der Waals surface area contributed by atoms with E-state index in [-0.39, 0.29) is 42.4 Å². The Morgan fingerprint density at radius 3 is 2.69 bits per heavy atom. The van der Waals surface area contributed by atoms with Gasteiger partial charge < -0.3 is 15.4 Å². The Bertz CT molecular complexity index is 622. The zero-order valence-corrected chi connectivity index (χ0v) is 19.7. The van der Waals surface area contributed by atoms with Gasteiger partial charge in [-0.1, -0.05) is 23.7 Å². The Balaban J connectivity index is 0.00000210. The van der Waals surface area contributed by atoms with E-state index in [9.17, 15) is 4.79 Å². The molecule has 0 radical (unpaired) electrons. The molecule has 1 aromatic rings. The quantitative estimate of drug-likeness (QED) is 0.641. The SMILES string of the molecule is CC1(C)CN(C(CNC(=O)CCC2CCNC2)c2ccc(Cl)cc2)CCO1.Cl.Cl. The number of nitrogens with one attached hydrogen (secondary N) is 2. The highest BCUT2D eigenvalue weighted by molar-refractivity contribution is 6.30. The number of halogens is 3. The van der Waals surface area contributed by atoms with Crippen molar-refractivity contribution in [3.8, 4) is 0 Å². The largest absolute Gasteiger partial charge is 0.373 e. The summed E-state index contributed by atoms with van der Waals surface area (Å²) >= 11 is 6.07. The van der Waals surface area contributed by atoms with Crippen LogP contribution in [-0.4, -0.2) is 55.7 Å². The van der Waals surface area contributed by atoms with Crippen LogP contribution in [0.5, 0.6) is 0 Å². The van der Waals surface area contributed by atoms with Crippen molar-refractivity contribution < 1.29 is 9.53 Å². The van der Waals surface area contributed by atoms with Gasteiger partial charge in [0, 0.05) is 31.1 Å². The van der Waals surface area contributed by atoms with E-state index in [1.807, 2.05) is 12.1 Å². The van der Waals surface area contributed by atoms with E-state index in [2.05, 4.69) is 41.5 Å². The van der Waals surface area contributed by atoms with Gasteiger partial charge in [-0.3, -0.25) is 9.69 Å². The first kappa shape index (κ1) is 26.5. The first-order valence-corrected chi connectivity index (χ1v) is 10.4. The van der Waals surface area contributed by atoms with E-state index >= 15 is 0 Å². The Morgan fingerprint density at radius 2 is 2.07 bits per heavy atom. The number of carbonyl (C=O) groups excluding carboxylic acids is 1. The van der Waals surface area contributed by atoms with Crippen LogP contribution in [0.3, 0.4) is 0 Å². The summed E-state index contributed by atoms with van der Waals surface area (Å²) in [5.74, 6) is 0.788. The second-order valence-electron chi connectivity index (χ2n) is 8.35. The van der Waals surface area contributed by atoms with Gasteiger partial charge in [-0.25, -0.2) is 0 Å². The van der Waals surface area contributed by atoms with Crippen molar-refractivity contribution in [2.24, 2.45) is 5.92 Å². The molecule has 2 N–H and O–H groups in total. The number of amides is 1. The molecule has 2 saturated heterocycles. The van der Waals surface area contributed by atoms with Gasteiger partial charge >= 0.3 is 0 Å². The summed E-state index contributed by atoms with van der Waals surface area (Å²) in [6.07, 6.45) is 2.76. The average Bonchev–Trinajstić information content (AvgIpc) is 3.14. The van der Waals surface area contributed by atoms with Gasteiger partial charge in [0.15, 0.2) is 0 Å². The summed E-state index contributed by atoms with van der Waals surface area (Å²) in [4.78, 5) is 14.8. The lowest BCUT2D eigenvalue weighted by molar-refractivity contribution is -0.122. The summed E-state index contributed by atoms with van der Waals surface area (Å²) in [7, 11) is 0. The van der Waals surface area contributed by atoms with Crippen LogP contribution in [-0.2, 0) is 9.53 Å². The molecule has 2 aliphatic rings. The molecule has 2 atom stereocenters. The monoisotopic (exact) mass is 465 g/mol. The molecule has 29 heavy (non-hydrogen) atoms. The fourth-order valence-corrected chi connectivity index (χ4v) is 4.18. The molecule has 0 saturated carbocycles. The number of hydrogen-bond donors (Lipinski definition) is 2. The minimum absolute atomic E-state index is 0. The molecule has 0 aromatic heterocycles. The maximum absolute atomic E-state index is 12.4. The van der Waals surface area contributed by atoms with Gasteiger partial charge in [0.05, 0.1) is 18.2 Å². The number of carbonyl (C=O) groups is 1. The van der Waals surface area contributed by atoms with Crippen molar-refractivity contribution in [3.63, 3.8) is 0 Å². The van der Waals surface area contributed by atoms with Crippen molar-refractivity contribution in [3.05, 3.63) is 34.9 Å². The van der Waals surface area contributed by atoms with Crippen LogP contribution < -0.4 is 10.6 Å². The smallest absolute Gasteiger partial charge is 0.220 e. The molecule has 0 spiro atoms. The van der Waals surface area contributed by atoms with E-state index in [0.29, 0.717) is 25.5 Å². The van der Waals surface area contributed by atoms with Crippen molar-refractivity contribution >= 4 is 42.3 Å². The number of rotatable bonds is 7. The number of benzene rings is 1. The molecule has 1 amide bonds. The Morgan fingerprint density at radius 1 is 1.34 bits per heavy atom. The Kier molecular flexibility index (Phi) is 11.3. The predicted molar refractivity (Wildman–Crippen MR) is 124 cm³/mol. The number of hydrogen-bond acceptors (Lipinski definition) is 4. The van der Waals surface area contributed by atoms with E-state index in [0.717, 1.165) is 37.6 Å². The number of ether oxygens (including phenoxy) is 1. The first-order chi connectivity index (χ1) is 12.9. The van der Waals surface area contributed by atoms with Crippen molar-refractivity contribution in [2.45, 2.75) is 44.8 Å². The van der Waals surface area contributed by atoms with E-state index in [1.54, 1.807) is 0 Å². The van der Waals surface area contributed by atoms with Crippen LogP contribution in [0.2, 0.25) is 5.02 Å². The lowest BCUT2D eigenvalue weighted by Gasteiger charge is -2.42. The zero-order valence-electron chi connectivity index (χ0n) is 17.3. The molecule has 0 aliphatic carbocycles. The van der Waals surface area contributed by atoms with E-state index in [4.69, 9.17) is 16.3 Å². The Labute approximate surface area is 192 Å². The Hall–Kier alpha value is -0.560. The van der Waals surface area contributed by atoms with Crippen LogP contribution in [0.25, 0.3) is 0 Å². The molecule has 2 aliphatic heterocycles. The third-order valence-electron chi connectivity index (χ3n) is 5.59. The molecule has 2 unspecified atom stereocenters. The fraction of sp³-hybridized carbons (Fsp3) is 0.667. The van der Waals surface area contributed by atoms with E-state index < -0.39 is 0 Å². The zero-order chi connectivity index (χ0) is 19.3. The molecule has 2 fully saturated rings. The van der Waals surface area contributed by atoms with Crippen molar-refractivity contribution in [2.75, 3.05) is 39.3 Å². The highest BCUT2D eigenvalue weighted by Crippen LogP contribution is 2.27. The van der Waals surface area contributed by atoms with Crippen LogP contribution in [0.15, 0.2) is 24.3 Å². The average molecular weight is 467 g/mol. The maximum Gasteiger partial charge on any atom is 0.220 e. The van der Waals surface area contributed by atoms with Gasteiger partial charge in [0.2, 0.25) is 5.91 Å². The number of morpholine rings is 1. The topological polar surface area (TPSA) is 53.6 Å². The standard InChI is InChI=1S/C21H32ClN3O2.2ClH/c1-21(2)15-25(11-12-27-21)19(17-4-6-18(22)7-5-17)14-24-20(26)8-3-16-9-10-23-13-16;;/h4-7,16,19,23H,3,8-15H2,1-2H3,(H,24,26);2*1H. The van der Waals surface area contributed by atoms with Gasteiger partial charge in [0.25, 0.3) is 0 Å². The van der Waals surface area contributed by atoms with Crippen molar-refractivity contribution in [1.82, 2.24) is 15.5 Å². The highest BCUT2D eigenvalue weighted by Gasteiger charge is 2.32. The molecule has 0 bridgehead atoms. The third kappa shape index (κ3) is 8.23. The van der Waals surface area contributed by atoms with Crippen LogP contribution in [0.4, 0.5) is 0 Å². The van der Waals surface area contributed by atoms with Crippen LogP contribution in [0.1, 0.15) is 44.7 Å². The molecule has 8 heteroatoms. The van der Waals surface area contributed by atoms with Gasteiger partial charge in [-0.05, 0) is 63.4 Å². The summed E-state index contributed by atoms with van der Waals surface area (Å²) in [5, 5.41) is 7.26. The number of nitrogens with zero attached hydrogens (tertiary/aromatic N) is 1. The molecular weight excluding hydrogens is 433 g/mol. The molecule has 3 rings (SSSR count). The third-order valence-corrected chi connectivity index (χ3v) is 5.84. The lowest BCUT2D eigenvalue weighted by Crippen LogP contribution is -2.51. The minimum Gasteiger partial charge on any atom is -0.373 e.